The molecule has 1 aromatic rings. The molecule has 1 saturated heterocycles. The average Bonchev–Trinajstić information content (AvgIpc) is 2.83. The molecule has 0 aliphatic carbocycles. The van der Waals surface area contributed by atoms with Gasteiger partial charge in [-0.1, -0.05) is 30.3 Å². The lowest BCUT2D eigenvalue weighted by molar-refractivity contribution is -0.117. The number of nitrogens with one attached hydrogen (secondary N) is 1. The molecule has 4 nitrogen and oxygen atoms in total. The van der Waals surface area contributed by atoms with Crippen LogP contribution < -0.4 is 5.43 Å². The fraction of sp³-hybridized carbons (Fsp3) is 0.429. The molecule has 2 aliphatic heterocycles. The van der Waals surface area contributed by atoms with Gasteiger partial charge in [-0.3, -0.25) is 4.79 Å². The maximum Gasteiger partial charge on any atom is 0.213 e. The lowest BCUT2D eigenvalue weighted by atomic mass is 9.87. The quantitative estimate of drug-likeness (QED) is 0.819. The lowest BCUT2D eigenvalue weighted by Crippen LogP contribution is -2.33. The molecule has 0 bridgehead atoms. The van der Waals surface area contributed by atoms with Crippen molar-refractivity contribution in [2.45, 2.75) is 31.5 Å². The summed E-state index contributed by atoms with van der Waals surface area (Å²) in [6, 6.07) is 9.99. The maximum atomic E-state index is 12.4. The molecule has 0 unspecified atom stereocenters. The van der Waals surface area contributed by atoms with Crippen LogP contribution in [0.25, 0.3) is 0 Å². The number of hydrazone groups is 1. The highest BCUT2D eigenvalue weighted by Crippen LogP contribution is 2.38. The summed E-state index contributed by atoms with van der Waals surface area (Å²) in [6.07, 6.45) is -0.00952. The van der Waals surface area contributed by atoms with Crippen molar-refractivity contribution in [3.8, 4) is 0 Å². The lowest BCUT2D eigenvalue weighted by Gasteiger charge is -2.13. The number of ether oxygens (including phenoxy) is 1. The maximum absolute atomic E-state index is 12.4. The number of epoxide rings is 1. The van der Waals surface area contributed by atoms with Crippen LogP contribution in [-0.2, 0) is 9.53 Å². The second-order valence-corrected chi connectivity index (χ2v) is 5.02. The minimum atomic E-state index is -0.669. The predicted octanol–water partition coefficient (Wildman–Crippen LogP) is 1.48. The van der Waals surface area contributed by atoms with Gasteiger partial charge in [0.1, 0.15) is 5.71 Å². The molecule has 1 fully saturated rings. The van der Waals surface area contributed by atoms with Crippen molar-refractivity contribution in [1.82, 2.24) is 5.43 Å². The smallest absolute Gasteiger partial charge is 0.213 e. The van der Waals surface area contributed by atoms with Crippen LogP contribution in [-0.4, -0.2) is 29.7 Å². The molecule has 1 aromatic carbocycles. The van der Waals surface area contributed by atoms with Crippen LogP contribution in [0.2, 0.25) is 0 Å². The Balaban J connectivity index is 1.86. The van der Waals surface area contributed by atoms with E-state index in [-0.39, 0.29) is 17.8 Å². The molecule has 94 valence electrons. The summed E-state index contributed by atoms with van der Waals surface area (Å²) in [5.41, 5.74) is 3.97. The fourth-order valence-corrected chi connectivity index (χ4v) is 2.39. The van der Waals surface area contributed by atoms with Gasteiger partial charge in [0.05, 0.1) is 12.0 Å². The average molecular weight is 244 g/mol. The van der Waals surface area contributed by atoms with E-state index >= 15 is 0 Å². The van der Waals surface area contributed by atoms with Gasteiger partial charge in [0, 0.05) is 6.54 Å². The number of rotatable bonds is 3. The number of ketones is 1. The van der Waals surface area contributed by atoms with Crippen molar-refractivity contribution in [2.24, 2.45) is 5.10 Å². The minimum Gasteiger partial charge on any atom is -0.358 e. The molecule has 0 aromatic heterocycles. The van der Waals surface area contributed by atoms with Crippen LogP contribution in [0.3, 0.4) is 0 Å². The number of benzene rings is 1. The van der Waals surface area contributed by atoms with E-state index < -0.39 is 5.60 Å². The number of hydrogen-bond donors (Lipinski definition) is 1. The zero-order valence-electron chi connectivity index (χ0n) is 10.5. The summed E-state index contributed by atoms with van der Waals surface area (Å²) in [4.78, 5) is 12.4. The summed E-state index contributed by atoms with van der Waals surface area (Å²) < 4.78 is 5.40. The molecule has 4 heteroatoms. The van der Waals surface area contributed by atoms with Crippen LogP contribution in [0.1, 0.15) is 25.3 Å². The van der Waals surface area contributed by atoms with E-state index in [1.807, 2.05) is 44.2 Å². The van der Waals surface area contributed by atoms with Crippen molar-refractivity contribution >= 4 is 11.5 Å². The summed E-state index contributed by atoms with van der Waals surface area (Å²) in [6.45, 7) is 4.43. The van der Waals surface area contributed by atoms with Gasteiger partial charge >= 0.3 is 0 Å². The van der Waals surface area contributed by atoms with Gasteiger partial charge in [-0.05, 0) is 19.4 Å². The van der Waals surface area contributed by atoms with Crippen LogP contribution in [0.4, 0.5) is 0 Å². The van der Waals surface area contributed by atoms with Crippen LogP contribution >= 0.6 is 0 Å². The molecule has 3 rings (SSSR count). The Morgan fingerprint density at radius 1 is 1.44 bits per heavy atom. The second-order valence-electron chi connectivity index (χ2n) is 5.02. The van der Waals surface area contributed by atoms with Crippen molar-refractivity contribution in [2.75, 3.05) is 6.54 Å². The summed E-state index contributed by atoms with van der Waals surface area (Å²) in [5.74, 6) is 0.0424. The molecule has 2 aliphatic rings. The Bertz CT molecular complexity index is 512. The Kier molecular flexibility index (Phi) is 2.48. The Labute approximate surface area is 106 Å². The minimum absolute atomic E-state index is 0.00820. The topological polar surface area (TPSA) is 54.0 Å². The molecule has 0 saturated carbocycles. The number of nitrogens with zero attached hydrogens (tertiary/aromatic N) is 1. The highest BCUT2D eigenvalue weighted by molar-refractivity contribution is 6.45. The molecule has 0 spiro atoms. The van der Waals surface area contributed by atoms with Gasteiger partial charge in [-0.25, -0.2) is 0 Å². The van der Waals surface area contributed by atoms with Crippen molar-refractivity contribution in [3.05, 3.63) is 35.9 Å². The third kappa shape index (κ3) is 1.64. The number of hydrogen-bond acceptors (Lipinski definition) is 4. The molecule has 2 heterocycles. The molecular weight excluding hydrogens is 228 g/mol. The molecular formula is C14H16N2O2. The van der Waals surface area contributed by atoms with E-state index in [1.165, 1.54) is 0 Å². The number of Topliss-reactive ketones (excluding diaryl/α,β-unsaturated/α-hetero) is 1. The highest BCUT2D eigenvalue weighted by atomic mass is 16.6. The first-order valence-corrected chi connectivity index (χ1v) is 6.21. The summed E-state index contributed by atoms with van der Waals surface area (Å²) in [7, 11) is 0. The van der Waals surface area contributed by atoms with Crippen molar-refractivity contribution in [1.29, 1.82) is 0 Å². The van der Waals surface area contributed by atoms with Gasteiger partial charge in [-0.2, -0.15) is 5.10 Å². The first kappa shape index (κ1) is 11.4. The number of carbonyl (C=O) groups excluding carboxylic acids is 1. The van der Waals surface area contributed by atoms with Gasteiger partial charge < -0.3 is 10.2 Å². The Morgan fingerprint density at radius 3 is 2.72 bits per heavy atom. The predicted molar refractivity (Wildman–Crippen MR) is 68.6 cm³/mol. The Morgan fingerprint density at radius 2 is 2.11 bits per heavy atom. The molecule has 0 radical (unpaired) electrons. The first-order chi connectivity index (χ1) is 8.63. The zero-order valence-corrected chi connectivity index (χ0v) is 10.5. The van der Waals surface area contributed by atoms with Gasteiger partial charge in [0.25, 0.3) is 0 Å². The van der Waals surface area contributed by atoms with E-state index in [9.17, 15) is 4.79 Å². The van der Waals surface area contributed by atoms with Crippen molar-refractivity contribution < 1.29 is 9.53 Å². The van der Waals surface area contributed by atoms with Gasteiger partial charge in [0.15, 0.2) is 5.60 Å². The molecule has 3 atom stereocenters. The van der Waals surface area contributed by atoms with E-state index in [4.69, 9.17) is 4.74 Å². The van der Waals surface area contributed by atoms with E-state index in [2.05, 4.69) is 10.5 Å². The highest BCUT2D eigenvalue weighted by Gasteiger charge is 2.57. The Hall–Kier alpha value is -1.68. The van der Waals surface area contributed by atoms with Crippen molar-refractivity contribution in [3.63, 3.8) is 0 Å². The SMILES string of the molecule is C[C@@H]1O[C@@]1(C)C(=O)C1=NNC[C@H]1c1ccccc1. The monoisotopic (exact) mass is 244 g/mol. The molecule has 0 amide bonds. The largest absolute Gasteiger partial charge is 0.358 e. The van der Waals surface area contributed by atoms with E-state index in [0.717, 1.165) is 5.56 Å². The standard InChI is InChI=1S/C14H16N2O2/c1-9-14(2,18-9)13(17)12-11(8-15-16-12)10-6-4-3-5-7-10/h3-7,9,11,15H,8H2,1-2H3/t9-,11-,14+/m0/s1. The van der Waals surface area contributed by atoms with Crippen LogP contribution in [0, 0.1) is 0 Å². The van der Waals surface area contributed by atoms with Crippen LogP contribution in [0.15, 0.2) is 35.4 Å². The fourth-order valence-electron chi connectivity index (χ4n) is 2.39. The van der Waals surface area contributed by atoms with Gasteiger partial charge in [-0.15, -0.1) is 0 Å². The first-order valence-electron chi connectivity index (χ1n) is 6.21. The van der Waals surface area contributed by atoms with E-state index in [1.54, 1.807) is 0 Å². The third-order valence-electron chi connectivity index (χ3n) is 3.85. The molecule has 18 heavy (non-hydrogen) atoms. The normalized spacial score (nSPS) is 33.8. The third-order valence-corrected chi connectivity index (χ3v) is 3.85. The second kappa shape index (κ2) is 3.92. The van der Waals surface area contributed by atoms with Crippen LogP contribution in [0.5, 0.6) is 0 Å². The number of carbonyl (C=O) groups is 1. The summed E-state index contributed by atoms with van der Waals surface area (Å²) >= 11 is 0. The van der Waals surface area contributed by atoms with E-state index in [0.29, 0.717) is 12.3 Å². The summed E-state index contributed by atoms with van der Waals surface area (Å²) in [5, 5.41) is 4.17. The molecule has 1 N–H and O–H groups in total. The van der Waals surface area contributed by atoms with Gasteiger partial charge in [0.2, 0.25) is 5.78 Å². The zero-order chi connectivity index (χ0) is 12.8.